The second-order valence-electron chi connectivity index (χ2n) is 6.14. The van der Waals surface area contributed by atoms with Crippen LogP contribution in [-0.2, 0) is 16.1 Å². The topological polar surface area (TPSA) is 64.3 Å². The van der Waals surface area contributed by atoms with E-state index in [1.54, 1.807) is 0 Å². The zero-order valence-corrected chi connectivity index (χ0v) is 15.5. The van der Waals surface area contributed by atoms with E-state index in [0.29, 0.717) is 13.2 Å². The van der Waals surface area contributed by atoms with E-state index in [-0.39, 0.29) is 36.3 Å². The summed E-state index contributed by atoms with van der Waals surface area (Å²) in [6.45, 7) is 4.79. The van der Waals surface area contributed by atoms with Crippen LogP contribution in [0.1, 0.15) is 31.0 Å². The third-order valence-electron chi connectivity index (χ3n) is 4.00. The zero-order valence-electron chi connectivity index (χ0n) is 14.7. The largest absolute Gasteiger partial charge is 0.375 e. The molecule has 25 heavy (non-hydrogen) atoms. The minimum Gasteiger partial charge on any atom is -0.375 e. The zero-order chi connectivity index (χ0) is 17.4. The number of rotatable bonds is 8. The molecule has 0 bridgehead atoms. The molecule has 5 heteroatoms. The Kier molecular flexibility index (Phi) is 9.21. The molecular weight excluding hydrogens is 336 g/mol. The van der Waals surface area contributed by atoms with E-state index in [1.807, 2.05) is 74.5 Å². The third kappa shape index (κ3) is 6.86. The summed E-state index contributed by atoms with van der Waals surface area (Å²) in [5.74, 6) is -0.355. The van der Waals surface area contributed by atoms with Gasteiger partial charge in [-0.3, -0.25) is 4.79 Å². The number of hydrogen-bond donors (Lipinski definition) is 2. The van der Waals surface area contributed by atoms with Gasteiger partial charge in [0, 0.05) is 12.1 Å². The van der Waals surface area contributed by atoms with E-state index in [0.717, 1.165) is 11.1 Å². The van der Waals surface area contributed by atoms with Crippen molar-refractivity contribution in [3.05, 3.63) is 71.8 Å². The van der Waals surface area contributed by atoms with Crippen LogP contribution in [0.2, 0.25) is 0 Å². The van der Waals surface area contributed by atoms with Gasteiger partial charge in [0.05, 0.1) is 19.1 Å². The molecule has 0 aromatic heterocycles. The molecule has 0 fully saturated rings. The third-order valence-corrected chi connectivity index (χ3v) is 4.00. The number of hydrogen-bond acceptors (Lipinski definition) is 3. The highest BCUT2D eigenvalue weighted by molar-refractivity contribution is 5.85. The molecule has 2 aromatic rings. The summed E-state index contributed by atoms with van der Waals surface area (Å²) < 4.78 is 5.66. The number of ether oxygens (including phenoxy) is 1. The van der Waals surface area contributed by atoms with Crippen molar-refractivity contribution < 1.29 is 9.53 Å². The van der Waals surface area contributed by atoms with Crippen molar-refractivity contribution in [2.45, 2.75) is 32.5 Å². The summed E-state index contributed by atoms with van der Waals surface area (Å²) >= 11 is 0. The van der Waals surface area contributed by atoms with Crippen molar-refractivity contribution in [1.82, 2.24) is 5.32 Å². The fourth-order valence-corrected chi connectivity index (χ4v) is 2.47. The van der Waals surface area contributed by atoms with Crippen LogP contribution in [0.3, 0.4) is 0 Å². The van der Waals surface area contributed by atoms with Crippen LogP contribution >= 0.6 is 12.4 Å². The molecular formula is C20H27ClN2O2. The van der Waals surface area contributed by atoms with Gasteiger partial charge in [-0.15, -0.1) is 12.4 Å². The standard InChI is InChI=1S/C20H26N2O2.ClH/c1-15(13-24-14-17-9-5-3-6-10-17)22-20(23)16(2)19(21)18-11-7-4-8-12-18;/h3-12,15-16,19H,13-14,21H2,1-2H3,(H,22,23);1H. The minimum absolute atomic E-state index is 0. The maximum Gasteiger partial charge on any atom is 0.225 e. The predicted molar refractivity (Wildman–Crippen MR) is 103 cm³/mol. The van der Waals surface area contributed by atoms with Gasteiger partial charge >= 0.3 is 0 Å². The SMILES string of the molecule is CC(COCc1ccccc1)NC(=O)C(C)C(N)c1ccccc1.Cl. The molecule has 0 saturated heterocycles. The molecule has 2 aromatic carbocycles. The average Bonchev–Trinajstić information content (AvgIpc) is 2.62. The molecule has 136 valence electrons. The summed E-state index contributed by atoms with van der Waals surface area (Å²) in [5.41, 5.74) is 8.29. The van der Waals surface area contributed by atoms with Crippen LogP contribution in [0.5, 0.6) is 0 Å². The number of benzene rings is 2. The Bertz CT molecular complexity index is 622. The van der Waals surface area contributed by atoms with Crippen LogP contribution < -0.4 is 11.1 Å². The van der Waals surface area contributed by atoms with Crippen molar-refractivity contribution in [1.29, 1.82) is 0 Å². The molecule has 3 N–H and O–H groups in total. The highest BCUT2D eigenvalue weighted by Crippen LogP contribution is 2.19. The molecule has 2 rings (SSSR count). The first-order valence-electron chi connectivity index (χ1n) is 8.30. The number of amides is 1. The Balaban J connectivity index is 0.00000312. The minimum atomic E-state index is -0.316. The van der Waals surface area contributed by atoms with Gasteiger partial charge in [-0.2, -0.15) is 0 Å². The Labute approximate surface area is 156 Å². The van der Waals surface area contributed by atoms with Crippen molar-refractivity contribution in [3.8, 4) is 0 Å². The normalized spacial score (nSPS) is 14.0. The van der Waals surface area contributed by atoms with Gasteiger partial charge in [0.2, 0.25) is 5.91 Å². The summed E-state index contributed by atoms with van der Waals surface area (Å²) in [6, 6.07) is 19.3. The summed E-state index contributed by atoms with van der Waals surface area (Å²) in [6.07, 6.45) is 0. The quantitative estimate of drug-likeness (QED) is 0.755. The monoisotopic (exact) mass is 362 g/mol. The van der Waals surface area contributed by atoms with Crippen LogP contribution in [0.4, 0.5) is 0 Å². The number of nitrogens with two attached hydrogens (primary N) is 1. The van der Waals surface area contributed by atoms with Crippen LogP contribution in [0.25, 0.3) is 0 Å². The molecule has 3 atom stereocenters. The summed E-state index contributed by atoms with van der Waals surface area (Å²) in [5, 5.41) is 2.97. The van der Waals surface area contributed by atoms with E-state index in [2.05, 4.69) is 5.32 Å². The molecule has 0 aliphatic rings. The van der Waals surface area contributed by atoms with Gasteiger partial charge in [0.1, 0.15) is 0 Å². The maximum atomic E-state index is 12.4. The lowest BCUT2D eigenvalue weighted by molar-refractivity contribution is -0.126. The summed E-state index contributed by atoms with van der Waals surface area (Å²) in [7, 11) is 0. The maximum absolute atomic E-state index is 12.4. The van der Waals surface area contributed by atoms with Gasteiger partial charge in [-0.25, -0.2) is 0 Å². The van der Waals surface area contributed by atoms with Crippen molar-refractivity contribution in [2.75, 3.05) is 6.61 Å². The molecule has 0 aliphatic heterocycles. The van der Waals surface area contributed by atoms with Crippen LogP contribution in [0.15, 0.2) is 60.7 Å². The highest BCUT2D eigenvalue weighted by Gasteiger charge is 2.23. The van der Waals surface area contributed by atoms with Crippen molar-refractivity contribution in [3.63, 3.8) is 0 Å². The fraction of sp³-hybridized carbons (Fsp3) is 0.350. The Morgan fingerprint density at radius 3 is 2.20 bits per heavy atom. The Hall–Kier alpha value is -1.88. The second-order valence-corrected chi connectivity index (χ2v) is 6.14. The van der Waals surface area contributed by atoms with Gasteiger partial charge in [0.25, 0.3) is 0 Å². The number of nitrogens with one attached hydrogen (secondary N) is 1. The number of halogens is 1. The average molecular weight is 363 g/mol. The van der Waals surface area contributed by atoms with E-state index in [1.165, 1.54) is 0 Å². The van der Waals surface area contributed by atoms with Crippen molar-refractivity contribution >= 4 is 18.3 Å². The Morgan fingerprint density at radius 1 is 1.04 bits per heavy atom. The molecule has 1 amide bonds. The first kappa shape index (κ1) is 21.2. The van der Waals surface area contributed by atoms with Gasteiger partial charge in [0.15, 0.2) is 0 Å². The van der Waals surface area contributed by atoms with Gasteiger partial charge in [-0.1, -0.05) is 67.6 Å². The smallest absolute Gasteiger partial charge is 0.225 e. The fourth-order valence-electron chi connectivity index (χ4n) is 2.47. The highest BCUT2D eigenvalue weighted by atomic mass is 35.5. The van der Waals surface area contributed by atoms with E-state index < -0.39 is 0 Å². The lowest BCUT2D eigenvalue weighted by Crippen LogP contribution is -2.42. The van der Waals surface area contributed by atoms with Crippen molar-refractivity contribution in [2.24, 2.45) is 11.7 Å². The second kappa shape index (κ2) is 10.9. The first-order valence-corrected chi connectivity index (χ1v) is 8.30. The number of carbonyl (C=O) groups excluding carboxylic acids is 1. The molecule has 0 radical (unpaired) electrons. The molecule has 0 saturated carbocycles. The van der Waals surface area contributed by atoms with Gasteiger partial charge in [-0.05, 0) is 18.1 Å². The Morgan fingerprint density at radius 2 is 1.60 bits per heavy atom. The molecule has 0 heterocycles. The predicted octanol–water partition coefficient (Wildman–Crippen LogP) is 3.47. The van der Waals surface area contributed by atoms with E-state index >= 15 is 0 Å². The summed E-state index contributed by atoms with van der Waals surface area (Å²) in [4.78, 5) is 12.4. The molecule has 0 spiro atoms. The molecule has 3 unspecified atom stereocenters. The van der Waals surface area contributed by atoms with E-state index in [4.69, 9.17) is 10.5 Å². The van der Waals surface area contributed by atoms with Gasteiger partial charge < -0.3 is 15.8 Å². The van der Waals surface area contributed by atoms with E-state index in [9.17, 15) is 4.79 Å². The van der Waals surface area contributed by atoms with Crippen LogP contribution in [0, 0.1) is 5.92 Å². The molecule has 0 aliphatic carbocycles. The lowest BCUT2D eigenvalue weighted by atomic mass is 9.94. The number of carbonyl (C=O) groups is 1. The lowest BCUT2D eigenvalue weighted by Gasteiger charge is -2.22. The first-order chi connectivity index (χ1) is 11.6. The van der Waals surface area contributed by atoms with Crippen LogP contribution in [-0.4, -0.2) is 18.6 Å². The molecule has 4 nitrogen and oxygen atoms in total.